The maximum atomic E-state index is 12.0. The molecule has 1 N–H and O–H groups in total. The van der Waals surface area contributed by atoms with Gasteiger partial charge in [0.15, 0.2) is 18.1 Å². The Morgan fingerprint density at radius 1 is 1.00 bits per heavy atom. The first-order valence-corrected chi connectivity index (χ1v) is 9.23. The molecule has 0 radical (unpaired) electrons. The molecule has 0 saturated heterocycles. The van der Waals surface area contributed by atoms with Crippen molar-refractivity contribution in [1.29, 1.82) is 0 Å². The number of ether oxygens (including phenoxy) is 3. The van der Waals surface area contributed by atoms with Gasteiger partial charge < -0.3 is 19.5 Å². The maximum Gasteiger partial charge on any atom is 0.310 e. The van der Waals surface area contributed by atoms with Gasteiger partial charge in [0.2, 0.25) is 0 Å². The SMILES string of the molecule is CC[C@@H](C)c1ccc(NC(=O)COC(=O)Cc2ccc(OC)c(OC)c2)cc1. The highest BCUT2D eigenvalue weighted by molar-refractivity contribution is 5.92. The fourth-order valence-electron chi connectivity index (χ4n) is 2.68. The molecule has 0 bridgehead atoms. The standard InChI is InChI=1S/C22H27NO5/c1-5-15(2)17-7-9-18(10-8-17)23-21(24)14-28-22(25)13-16-6-11-19(26-3)20(12-16)27-4/h6-12,15H,5,13-14H2,1-4H3,(H,23,24)/t15-/m1/s1. The molecule has 0 aliphatic rings. The topological polar surface area (TPSA) is 73.9 Å². The summed E-state index contributed by atoms with van der Waals surface area (Å²) < 4.78 is 15.4. The van der Waals surface area contributed by atoms with Crippen molar-refractivity contribution in [2.45, 2.75) is 32.6 Å². The molecule has 1 atom stereocenters. The van der Waals surface area contributed by atoms with E-state index < -0.39 is 5.97 Å². The highest BCUT2D eigenvalue weighted by atomic mass is 16.5. The van der Waals surface area contributed by atoms with E-state index in [4.69, 9.17) is 14.2 Å². The third-order valence-electron chi connectivity index (χ3n) is 4.54. The lowest BCUT2D eigenvalue weighted by Gasteiger charge is -2.11. The van der Waals surface area contributed by atoms with Gasteiger partial charge in [0.05, 0.1) is 20.6 Å². The fraction of sp³-hybridized carbons (Fsp3) is 0.364. The van der Waals surface area contributed by atoms with E-state index in [1.165, 1.54) is 12.7 Å². The second-order valence-electron chi connectivity index (χ2n) is 6.51. The van der Waals surface area contributed by atoms with Crippen molar-refractivity contribution in [3.05, 3.63) is 53.6 Å². The summed E-state index contributed by atoms with van der Waals surface area (Å²) in [6.07, 6.45) is 1.10. The van der Waals surface area contributed by atoms with Crippen LogP contribution in [0.4, 0.5) is 5.69 Å². The molecule has 28 heavy (non-hydrogen) atoms. The molecule has 2 rings (SSSR count). The average Bonchev–Trinajstić information content (AvgIpc) is 2.72. The van der Waals surface area contributed by atoms with Crippen LogP contribution in [0.5, 0.6) is 11.5 Å². The van der Waals surface area contributed by atoms with Crippen LogP contribution in [0.1, 0.15) is 37.3 Å². The smallest absolute Gasteiger partial charge is 0.310 e. The summed E-state index contributed by atoms with van der Waals surface area (Å²) in [6, 6.07) is 12.9. The molecule has 1 amide bonds. The Kier molecular flexibility index (Phi) is 7.87. The fourth-order valence-corrected chi connectivity index (χ4v) is 2.68. The van der Waals surface area contributed by atoms with Crippen LogP contribution in [0.15, 0.2) is 42.5 Å². The van der Waals surface area contributed by atoms with E-state index >= 15 is 0 Å². The quantitative estimate of drug-likeness (QED) is 0.662. The monoisotopic (exact) mass is 385 g/mol. The molecule has 0 saturated carbocycles. The van der Waals surface area contributed by atoms with E-state index in [9.17, 15) is 9.59 Å². The highest BCUT2D eigenvalue weighted by Gasteiger charge is 2.12. The number of carbonyl (C=O) groups is 2. The van der Waals surface area contributed by atoms with Crippen molar-refractivity contribution >= 4 is 17.6 Å². The van der Waals surface area contributed by atoms with Crippen LogP contribution in [0.25, 0.3) is 0 Å². The number of anilines is 1. The minimum atomic E-state index is -0.491. The van der Waals surface area contributed by atoms with Crippen LogP contribution < -0.4 is 14.8 Å². The van der Waals surface area contributed by atoms with Crippen LogP contribution in [0.3, 0.4) is 0 Å². The third-order valence-corrected chi connectivity index (χ3v) is 4.54. The molecule has 0 aliphatic carbocycles. The van der Waals surface area contributed by atoms with Gasteiger partial charge in [-0.15, -0.1) is 0 Å². The van der Waals surface area contributed by atoms with Gasteiger partial charge >= 0.3 is 5.97 Å². The lowest BCUT2D eigenvalue weighted by atomic mass is 9.99. The van der Waals surface area contributed by atoms with Crippen LogP contribution in [0, 0.1) is 0 Å². The Morgan fingerprint density at radius 2 is 1.68 bits per heavy atom. The van der Waals surface area contributed by atoms with Crippen molar-refractivity contribution in [2.75, 3.05) is 26.1 Å². The second kappa shape index (κ2) is 10.3. The van der Waals surface area contributed by atoms with Gasteiger partial charge in [-0.25, -0.2) is 0 Å². The van der Waals surface area contributed by atoms with E-state index in [1.54, 1.807) is 25.3 Å². The van der Waals surface area contributed by atoms with Gasteiger partial charge in [0.1, 0.15) is 0 Å². The third kappa shape index (κ3) is 6.01. The first kappa shape index (κ1) is 21.3. The zero-order valence-electron chi connectivity index (χ0n) is 16.8. The predicted octanol–water partition coefficient (Wildman–Crippen LogP) is 3.94. The number of benzene rings is 2. The summed E-state index contributed by atoms with van der Waals surface area (Å²) in [5, 5.41) is 2.73. The molecule has 0 aliphatic heterocycles. The van der Waals surface area contributed by atoms with Crippen LogP contribution >= 0.6 is 0 Å². The van der Waals surface area contributed by atoms with E-state index in [0.717, 1.165) is 6.42 Å². The Labute approximate surface area is 165 Å². The summed E-state index contributed by atoms with van der Waals surface area (Å²) in [6.45, 7) is 3.96. The van der Waals surface area contributed by atoms with Crippen molar-refractivity contribution in [3.63, 3.8) is 0 Å². The summed E-state index contributed by atoms with van der Waals surface area (Å²) in [7, 11) is 3.07. The number of methoxy groups -OCH3 is 2. The number of amides is 1. The molecule has 2 aromatic carbocycles. The number of nitrogens with one attached hydrogen (secondary N) is 1. The van der Waals surface area contributed by atoms with Gasteiger partial charge in [0.25, 0.3) is 5.91 Å². The van der Waals surface area contributed by atoms with Crippen LogP contribution in [-0.4, -0.2) is 32.7 Å². The number of esters is 1. The molecule has 0 aromatic heterocycles. The van der Waals surface area contributed by atoms with E-state index in [0.29, 0.717) is 28.7 Å². The molecule has 0 fully saturated rings. The lowest BCUT2D eigenvalue weighted by molar-refractivity contribution is -0.146. The Bertz CT molecular complexity index is 801. The molecule has 2 aromatic rings. The van der Waals surface area contributed by atoms with Crippen molar-refractivity contribution in [2.24, 2.45) is 0 Å². The Morgan fingerprint density at radius 3 is 2.29 bits per heavy atom. The largest absolute Gasteiger partial charge is 0.493 e. The van der Waals surface area contributed by atoms with E-state index in [1.807, 2.05) is 24.3 Å². The lowest BCUT2D eigenvalue weighted by Crippen LogP contribution is -2.21. The maximum absolute atomic E-state index is 12.0. The summed E-state index contributed by atoms with van der Waals surface area (Å²) >= 11 is 0. The van der Waals surface area contributed by atoms with E-state index in [-0.39, 0.29) is 18.9 Å². The van der Waals surface area contributed by atoms with Gasteiger partial charge in [0, 0.05) is 5.69 Å². The number of rotatable bonds is 9. The molecule has 6 nitrogen and oxygen atoms in total. The molecule has 0 heterocycles. The Balaban J connectivity index is 1.83. The van der Waals surface area contributed by atoms with Gasteiger partial charge in [-0.3, -0.25) is 9.59 Å². The molecular weight excluding hydrogens is 358 g/mol. The summed E-state index contributed by atoms with van der Waals surface area (Å²) in [5.41, 5.74) is 2.61. The predicted molar refractivity (Wildman–Crippen MR) is 108 cm³/mol. The van der Waals surface area contributed by atoms with Crippen LogP contribution in [-0.2, 0) is 20.7 Å². The number of hydrogen-bond donors (Lipinski definition) is 1. The first-order valence-electron chi connectivity index (χ1n) is 9.23. The molecule has 6 heteroatoms. The number of carbonyl (C=O) groups excluding carboxylic acids is 2. The molecule has 150 valence electrons. The normalized spacial score (nSPS) is 11.4. The number of hydrogen-bond acceptors (Lipinski definition) is 5. The second-order valence-corrected chi connectivity index (χ2v) is 6.51. The van der Waals surface area contributed by atoms with Crippen molar-refractivity contribution < 1.29 is 23.8 Å². The summed E-state index contributed by atoms with van der Waals surface area (Å²) in [5.74, 6) is 0.721. The minimum Gasteiger partial charge on any atom is -0.493 e. The van der Waals surface area contributed by atoms with E-state index in [2.05, 4.69) is 19.2 Å². The molecule has 0 spiro atoms. The Hall–Kier alpha value is -3.02. The molecular formula is C22H27NO5. The van der Waals surface area contributed by atoms with Gasteiger partial charge in [-0.1, -0.05) is 32.0 Å². The summed E-state index contributed by atoms with van der Waals surface area (Å²) in [4.78, 5) is 24.0. The average molecular weight is 385 g/mol. The van der Waals surface area contributed by atoms with Gasteiger partial charge in [-0.2, -0.15) is 0 Å². The highest BCUT2D eigenvalue weighted by Crippen LogP contribution is 2.27. The van der Waals surface area contributed by atoms with Crippen molar-refractivity contribution in [1.82, 2.24) is 0 Å². The zero-order valence-corrected chi connectivity index (χ0v) is 16.8. The molecule has 0 unspecified atom stereocenters. The van der Waals surface area contributed by atoms with Gasteiger partial charge in [-0.05, 0) is 47.7 Å². The van der Waals surface area contributed by atoms with Crippen LogP contribution in [0.2, 0.25) is 0 Å². The van der Waals surface area contributed by atoms with Crippen molar-refractivity contribution in [3.8, 4) is 11.5 Å². The minimum absolute atomic E-state index is 0.0389. The first-order chi connectivity index (χ1) is 13.5. The zero-order chi connectivity index (χ0) is 20.5.